The van der Waals surface area contributed by atoms with Crippen molar-refractivity contribution in [3.05, 3.63) is 65.7 Å². The van der Waals surface area contributed by atoms with Gasteiger partial charge in [0.1, 0.15) is 5.82 Å². The molecule has 1 aromatic heterocycles. The van der Waals surface area contributed by atoms with Crippen LogP contribution in [0, 0.1) is 11.7 Å². The number of hydrogen-bond donors (Lipinski definition) is 1. The first kappa shape index (κ1) is 15.3. The molecular formula is C19H20FN3O. The number of carbonyl (C=O) groups is 1. The molecule has 3 atom stereocenters. The number of rotatable bonds is 4. The zero-order chi connectivity index (χ0) is 16.5. The van der Waals surface area contributed by atoms with Gasteiger partial charge in [0.25, 0.3) is 5.91 Å². The Hall–Kier alpha value is -2.27. The van der Waals surface area contributed by atoms with Crippen LogP contribution in [0.25, 0.3) is 0 Å². The first-order chi connectivity index (χ1) is 11.7. The number of halogens is 1. The van der Waals surface area contributed by atoms with Crippen molar-refractivity contribution in [1.29, 1.82) is 0 Å². The van der Waals surface area contributed by atoms with Crippen LogP contribution in [0.5, 0.6) is 0 Å². The molecule has 1 amide bonds. The third-order valence-electron chi connectivity index (χ3n) is 5.17. The summed E-state index contributed by atoms with van der Waals surface area (Å²) in [4.78, 5) is 19.0. The van der Waals surface area contributed by atoms with Crippen LogP contribution in [-0.4, -0.2) is 34.4 Å². The fourth-order valence-electron chi connectivity index (χ4n) is 4.02. The molecule has 2 aliphatic rings. The molecule has 0 spiro atoms. The van der Waals surface area contributed by atoms with Crippen LogP contribution >= 0.6 is 0 Å². The molecule has 1 aliphatic carbocycles. The zero-order valence-electron chi connectivity index (χ0n) is 13.4. The van der Waals surface area contributed by atoms with Gasteiger partial charge < -0.3 is 5.32 Å². The molecule has 2 heterocycles. The van der Waals surface area contributed by atoms with E-state index in [-0.39, 0.29) is 17.8 Å². The van der Waals surface area contributed by atoms with Crippen LogP contribution in [-0.2, 0) is 6.54 Å². The van der Waals surface area contributed by atoms with Crippen LogP contribution in [0.1, 0.15) is 28.8 Å². The molecule has 2 fully saturated rings. The number of amides is 1. The van der Waals surface area contributed by atoms with Gasteiger partial charge in [-0.15, -0.1) is 0 Å². The van der Waals surface area contributed by atoms with Crippen molar-refractivity contribution in [2.24, 2.45) is 5.92 Å². The lowest BCUT2D eigenvalue weighted by molar-refractivity contribution is 0.0903. The molecule has 1 saturated heterocycles. The lowest BCUT2D eigenvalue weighted by atomic mass is 10.0. The summed E-state index contributed by atoms with van der Waals surface area (Å²) in [6.45, 7) is 1.91. The molecular weight excluding hydrogens is 305 g/mol. The minimum absolute atomic E-state index is 0.175. The highest BCUT2D eigenvalue weighted by molar-refractivity contribution is 5.94. The Kier molecular flexibility index (Phi) is 4.02. The molecule has 1 aliphatic heterocycles. The largest absolute Gasteiger partial charge is 0.349 e. The molecule has 1 aromatic carbocycles. The Morgan fingerprint density at radius 2 is 2.21 bits per heavy atom. The summed E-state index contributed by atoms with van der Waals surface area (Å²) >= 11 is 0. The van der Waals surface area contributed by atoms with Crippen molar-refractivity contribution in [3.8, 4) is 0 Å². The van der Waals surface area contributed by atoms with E-state index in [4.69, 9.17) is 0 Å². The maximum atomic E-state index is 13.3. The molecule has 124 valence electrons. The van der Waals surface area contributed by atoms with E-state index in [9.17, 15) is 9.18 Å². The summed E-state index contributed by atoms with van der Waals surface area (Å²) in [6.07, 6.45) is 5.78. The summed E-state index contributed by atoms with van der Waals surface area (Å²) in [5.74, 6) is -0.0757. The Morgan fingerprint density at radius 1 is 1.29 bits per heavy atom. The molecule has 0 radical (unpaired) electrons. The zero-order valence-corrected chi connectivity index (χ0v) is 13.4. The topological polar surface area (TPSA) is 45.2 Å². The number of nitrogens with zero attached hydrogens (tertiary/aromatic N) is 2. The van der Waals surface area contributed by atoms with Crippen LogP contribution in [0.3, 0.4) is 0 Å². The summed E-state index contributed by atoms with van der Waals surface area (Å²) in [6, 6.07) is 10.6. The molecule has 5 heteroatoms. The van der Waals surface area contributed by atoms with Crippen LogP contribution in [0.15, 0.2) is 48.8 Å². The van der Waals surface area contributed by atoms with Gasteiger partial charge in [0.2, 0.25) is 0 Å². The average Bonchev–Trinajstić information content (AvgIpc) is 3.15. The van der Waals surface area contributed by atoms with E-state index in [1.807, 2.05) is 12.3 Å². The normalized spacial score (nSPS) is 25.8. The van der Waals surface area contributed by atoms with E-state index in [2.05, 4.69) is 21.3 Å². The second-order valence-corrected chi connectivity index (χ2v) is 6.77. The van der Waals surface area contributed by atoms with Gasteiger partial charge in [0.15, 0.2) is 0 Å². The van der Waals surface area contributed by atoms with Crippen molar-refractivity contribution in [2.45, 2.75) is 31.5 Å². The van der Waals surface area contributed by atoms with Crippen molar-refractivity contribution in [3.63, 3.8) is 0 Å². The van der Waals surface area contributed by atoms with Crippen molar-refractivity contribution >= 4 is 5.91 Å². The average molecular weight is 325 g/mol. The highest BCUT2D eigenvalue weighted by Crippen LogP contribution is 2.38. The molecule has 2 aromatic rings. The molecule has 24 heavy (non-hydrogen) atoms. The molecule has 0 unspecified atom stereocenters. The van der Waals surface area contributed by atoms with Gasteiger partial charge in [-0.25, -0.2) is 4.39 Å². The van der Waals surface area contributed by atoms with E-state index in [1.54, 1.807) is 18.3 Å². The fraction of sp³-hybridized carbons (Fsp3) is 0.368. The highest BCUT2D eigenvalue weighted by Gasteiger charge is 2.44. The van der Waals surface area contributed by atoms with Gasteiger partial charge in [-0.05, 0) is 48.6 Å². The van der Waals surface area contributed by atoms with Crippen molar-refractivity contribution in [1.82, 2.24) is 15.2 Å². The minimum Gasteiger partial charge on any atom is -0.349 e. The Morgan fingerprint density at radius 3 is 2.92 bits per heavy atom. The maximum absolute atomic E-state index is 13.3. The predicted molar refractivity (Wildman–Crippen MR) is 88.8 cm³/mol. The Bertz CT molecular complexity index is 736. The van der Waals surface area contributed by atoms with Crippen LogP contribution < -0.4 is 5.32 Å². The van der Waals surface area contributed by atoms with Crippen LogP contribution in [0.2, 0.25) is 0 Å². The number of nitrogens with one attached hydrogen (secondary N) is 1. The number of fused-ring (bicyclic) bond motifs is 2. The van der Waals surface area contributed by atoms with E-state index < -0.39 is 0 Å². The molecule has 4 nitrogen and oxygen atoms in total. The third kappa shape index (κ3) is 3.04. The van der Waals surface area contributed by atoms with Gasteiger partial charge in [-0.1, -0.05) is 12.1 Å². The number of pyridine rings is 1. The highest BCUT2D eigenvalue weighted by atomic mass is 19.1. The van der Waals surface area contributed by atoms with E-state index in [0.29, 0.717) is 17.5 Å². The van der Waals surface area contributed by atoms with Gasteiger partial charge in [-0.3, -0.25) is 14.7 Å². The Labute approximate surface area is 140 Å². The summed E-state index contributed by atoms with van der Waals surface area (Å²) < 4.78 is 13.3. The lowest BCUT2D eigenvalue weighted by Crippen LogP contribution is -2.45. The van der Waals surface area contributed by atoms with E-state index in [0.717, 1.165) is 25.9 Å². The maximum Gasteiger partial charge on any atom is 0.251 e. The second-order valence-electron chi connectivity index (χ2n) is 6.77. The number of likely N-dealkylation sites (tertiary alicyclic amines) is 1. The monoisotopic (exact) mass is 325 g/mol. The number of carbonyl (C=O) groups excluding carboxylic acids is 1. The number of aromatic nitrogens is 1. The molecule has 2 bridgehead atoms. The van der Waals surface area contributed by atoms with Gasteiger partial charge in [-0.2, -0.15) is 0 Å². The summed E-state index contributed by atoms with van der Waals surface area (Å²) in [5, 5.41) is 3.09. The Balaban J connectivity index is 1.35. The van der Waals surface area contributed by atoms with Crippen molar-refractivity contribution < 1.29 is 9.18 Å². The SMILES string of the molecule is O=C(N[C@H]1C[C@H]2C[C@H]1CN2Cc1cccnc1)c1cccc(F)c1. The molecule has 1 saturated carbocycles. The smallest absolute Gasteiger partial charge is 0.251 e. The second kappa shape index (κ2) is 6.32. The van der Waals surface area contributed by atoms with E-state index >= 15 is 0 Å². The van der Waals surface area contributed by atoms with Gasteiger partial charge >= 0.3 is 0 Å². The number of piperidine rings is 1. The standard InChI is InChI=1S/C19H20FN3O/c20-16-5-1-4-14(7-16)19(24)22-18-9-17-8-15(18)12-23(17)11-13-3-2-6-21-10-13/h1-7,10,15,17-18H,8-9,11-12H2,(H,22,24)/t15-,17+,18-/m0/s1. The minimum atomic E-state index is -0.377. The summed E-state index contributed by atoms with van der Waals surface area (Å²) in [7, 11) is 0. The fourth-order valence-corrected chi connectivity index (χ4v) is 4.02. The summed E-state index contributed by atoms with van der Waals surface area (Å²) in [5.41, 5.74) is 1.62. The van der Waals surface area contributed by atoms with E-state index in [1.165, 1.54) is 17.7 Å². The first-order valence-electron chi connectivity index (χ1n) is 8.38. The third-order valence-corrected chi connectivity index (χ3v) is 5.17. The molecule has 1 N–H and O–H groups in total. The number of hydrogen-bond acceptors (Lipinski definition) is 3. The quantitative estimate of drug-likeness (QED) is 0.940. The lowest BCUT2D eigenvalue weighted by Gasteiger charge is -2.31. The van der Waals surface area contributed by atoms with Gasteiger partial charge in [0, 0.05) is 43.1 Å². The number of benzene rings is 1. The predicted octanol–water partition coefficient (Wildman–Crippen LogP) is 2.61. The molecule has 4 rings (SSSR count). The van der Waals surface area contributed by atoms with Crippen molar-refractivity contribution in [2.75, 3.05) is 6.54 Å². The van der Waals surface area contributed by atoms with Crippen LogP contribution in [0.4, 0.5) is 4.39 Å². The van der Waals surface area contributed by atoms with Gasteiger partial charge in [0.05, 0.1) is 0 Å². The first-order valence-corrected chi connectivity index (χ1v) is 8.38.